The maximum absolute atomic E-state index is 14.9. The first kappa shape index (κ1) is 29.1. The van der Waals surface area contributed by atoms with Crippen LogP contribution in [0.5, 0.6) is 0 Å². The van der Waals surface area contributed by atoms with Crippen molar-refractivity contribution in [2.75, 3.05) is 11.5 Å². The molecular formula is C31H35NO8. The van der Waals surface area contributed by atoms with Gasteiger partial charge in [-0.25, -0.2) is 9.69 Å². The summed E-state index contributed by atoms with van der Waals surface area (Å²) in [6, 6.07) is 15.0. The van der Waals surface area contributed by atoms with Gasteiger partial charge in [0.25, 0.3) is 0 Å². The maximum Gasteiger partial charge on any atom is 0.421 e. The molecule has 9 nitrogen and oxygen atoms in total. The molecule has 2 aromatic rings. The lowest BCUT2D eigenvalue weighted by atomic mass is 9.45. The van der Waals surface area contributed by atoms with Crippen LogP contribution in [0.4, 0.5) is 10.5 Å². The summed E-state index contributed by atoms with van der Waals surface area (Å²) in [4.78, 5) is 69.5. The van der Waals surface area contributed by atoms with Crippen molar-refractivity contribution in [1.29, 1.82) is 0 Å². The molecule has 2 aromatic carbocycles. The quantitative estimate of drug-likeness (QED) is 0.439. The number of benzene rings is 2. The second-order valence-electron chi connectivity index (χ2n) is 11.6. The zero-order valence-corrected chi connectivity index (χ0v) is 23.5. The van der Waals surface area contributed by atoms with Gasteiger partial charge in [-0.15, -0.1) is 0 Å². The first-order valence-corrected chi connectivity index (χ1v) is 13.3. The third-order valence-corrected chi connectivity index (χ3v) is 7.99. The molecule has 6 atom stereocenters. The second-order valence-corrected chi connectivity index (χ2v) is 11.6. The number of para-hydroxylation sites is 1. The predicted molar refractivity (Wildman–Crippen MR) is 145 cm³/mol. The molecule has 1 spiro atoms. The van der Waals surface area contributed by atoms with Crippen LogP contribution < -0.4 is 4.90 Å². The standard InChI is InChI=1S/C31H35NO8/c1-7-39-26(35)25-23(18(2)34)30(6,38)21(17-33)24(19-13-9-8-10-14-19)31(25)20-15-11-12-16-22(20)32(27(31)36)28(37)40-29(3,4)5/h8-17,21,23-25,38H,7H2,1-6H3/t21-,23+,24-,25-,30-,31-/m0/s1. The molecule has 0 aromatic heterocycles. The van der Waals surface area contributed by atoms with Gasteiger partial charge in [-0.2, -0.15) is 0 Å². The van der Waals surface area contributed by atoms with E-state index in [-0.39, 0.29) is 17.9 Å². The Morgan fingerprint density at radius 1 is 1.02 bits per heavy atom. The van der Waals surface area contributed by atoms with Gasteiger partial charge in [-0.1, -0.05) is 48.5 Å². The number of aliphatic hydroxyl groups is 1. The Balaban J connectivity index is 2.16. The highest BCUT2D eigenvalue weighted by Crippen LogP contribution is 2.64. The summed E-state index contributed by atoms with van der Waals surface area (Å²) >= 11 is 0. The summed E-state index contributed by atoms with van der Waals surface area (Å²) in [5.41, 5.74) is -4.04. The molecule has 2 aliphatic rings. The van der Waals surface area contributed by atoms with E-state index in [4.69, 9.17) is 9.47 Å². The summed E-state index contributed by atoms with van der Waals surface area (Å²) in [5.74, 6) is -7.84. The number of carbonyl (C=O) groups excluding carboxylic acids is 5. The van der Waals surface area contributed by atoms with Gasteiger partial charge in [0.15, 0.2) is 0 Å². The largest absolute Gasteiger partial charge is 0.466 e. The highest BCUT2D eigenvalue weighted by Gasteiger charge is 2.74. The molecule has 4 rings (SSSR count). The number of hydrogen-bond donors (Lipinski definition) is 1. The summed E-state index contributed by atoms with van der Waals surface area (Å²) in [5, 5.41) is 11.9. The van der Waals surface area contributed by atoms with E-state index in [0.29, 0.717) is 11.8 Å². The van der Waals surface area contributed by atoms with Crippen LogP contribution in [-0.2, 0) is 34.1 Å². The van der Waals surface area contributed by atoms with Crippen molar-refractivity contribution in [3.63, 3.8) is 0 Å². The number of fused-ring (bicyclic) bond motifs is 2. The lowest BCUT2D eigenvalue weighted by Crippen LogP contribution is -2.69. The van der Waals surface area contributed by atoms with Crippen LogP contribution in [0.15, 0.2) is 54.6 Å². The van der Waals surface area contributed by atoms with Crippen LogP contribution in [0.2, 0.25) is 0 Å². The number of carbonyl (C=O) groups is 5. The van der Waals surface area contributed by atoms with E-state index in [1.54, 1.807) is 82.3 Å². The van der Waals surface area contributed by atoms with E-state index < -0.39 is 64.0 Å². The van der Waals surface area contributed by atoms with Crippen LogP contribution >= 0.6 is 0 Å². The van der Waals surface area contributed by atoms with E-state index in [1.165, 1.54) is 13.8 Å². The van der Waals surface area contributed by atoms with Crippen LogP contribution in [0.3, 0.4) is 0 Å². The third-order valence-electron chi connectivity index (χ3n) is 7.99. The number of aldehydes is 1. The van der Waals surface area contributed by atoms with Crippen LogP contribution in [0, 0.1) is 17.8 Å². The van der Waals surface area contributed by atoms with Crippen molar-refractivity contribution in [3.05, 3.63) is 65.7 Å². The van der Waals surface area contributed by atoms with Gasteiger partial charge in [-0.3, -0.25) is 14.4 Å². The Hall–Kier alpha value is -3.85. The maximum atomic E-state index is 14.9. The number of Topliss-reactive ketones (excluding diaryl/α,β-unsaturated/α-hetero) is 1. The average Bonchev–Trinajstić information content (AvgIpc) is 3.12. The first-order chi connectivity index (χ1) is 18.7. The molecular weight excluding hydrogens is 514 g/mol. The van der Waals surface area contributed by atoms with Gasteiger partial charge < -0.3 is 19.4 Å². The number of amides is 2. The molecule has 1 fully saturated rings. The number of anilines is 1. The van der Waals surface area contributed by atoms with Crippen LogP contribution in [0.25, 0.3) is 0 Å². The molecule has 9 heteroatoms. The van der Waals surface area contributed by atoms with Crippen molar-refractivity contribution in [1.82, 2.24) is 0 Å². The predicted octanol–water partition coefficient (Wildman–Crippen LogP) is 3.95. The van der Waals surface area contributed by atoms with Gasteiger partial charge in [-0.05, 0) is 58.7 Å². The molecule has 0 saturated heterocycles. The zero-order valence-electron chi connectivity index (χ0n) is 23.5. The molecule has 1 aliphatic heterocycles. The smallest absolute Gasteiger partial charge is 0.421 e. The Morgan fingerprint density at radius 3 is 2.17 bits per heavy atom. The SMILES string of the molecule is CCOC(=O)[C@@H]1[C@@H](C(C)=O)[C@@](C)(O)[C@@H](C=O)[C@H](c2ccccc2)[C@]12C(=O)N(C(=O)OC(C)(C)C)c1ccccc12. The fourth-order valence-corrected chi connectivity index (χ4v) is 6.69. The lowest BCUT2D eigenvalue weighted by Gasteiger charge is -2.56. The van der Waals surface area contributed by atoms with Crippen LogP contribution in [-0.4, -0.2) is 53.0 Å². The van der Waals surface area contributed by atoms with Crippen LogP contribution in [0.1, 0.15) is 58.6 Å². The van der Waals surface area contributed by atoms with Crippen molar-refractivity contribution >= 4 is 35.7 Å². The molecule has 1 aliphatic carbocycles. The second kappa shape index (κ2) is 10.3. The fraction of sp³-hybridized carbons (Fsp3) is 0.452. The van der Waals surface area contributed by atoms with E-state index >= 15 is 0 Å². The van der Waals surface area contributed by atoms with Crippen molar-refractivity contribution in [3.8, 4) is 0 Å². The zero-order chi connectivity index (χ0) is 29.6. The van der Waals surface area contributed by atoms with Gasteiger partial charge in [0.2, 0.25) is 5.91 Å². The number of ether oxygens (including phenoxy) is 2. The Morgan fingerprint density at radius 2 is 1.62 bits per heavy atom. The van der Waals surface area contributed by atoms with E-state index in [9.17, 15) is 29.1 Å². The molecule has 212 valence electrons. The number of ketones is 1. The number of imide groups is 1. The summed E-state index contributed by atoms with van der Waals surface area (Å²) in [7, 11) is 0. The van der Waals surface area contributed by atoms with E-state index in [2.05, 4.69) is 0 Å². The normalized spacial score (nSPS) is 29.6. The molecule has 1 N–H and O–H groups in total. The topological polar surface area (TPSA) is 127 Å². The van der Waals surface area contributed by atoms with Gasteiger partial charge in [0, 0.05) is 5.92 Å². The number of rotatable bonds is 5. The van der Waals surface area contributed by atoms with Crippen molar-refractivity contribution in [2.24, 2.45) is 17.8 Å². The Labute approximate surface area is 233 Å². The van der Waals surface area contributed by atoms with E-state index in [0.717, 1.165) is 4.90 Å². The molecule has 2 amide bonds. The Bertz CT molecular complexity index is 1340. The molecule has 0 unspecified atom stereocenters. The average molecular weight is 550 g/mol. The van der Waals surface area contributed by atoms with Crippen molar-refractivity contribution < 1.29 is 38.6 Å². The molecule has 1 saturated carbocycles. The molecule has 0 bridgehead atoms. The minimum atomic E-state index is -2.04. The third kappa shape index (κ3) is 4.33. The monoisotopic (exact) mass is 549 g/mol. The Kier molecular flexibility index (Phi) is 7.49. The minimum absolute atomic E-state index is 0.0586. The lowest BCUT2D eigenvalue weighted by molar-refractivity contribution is -0.185. The highest BCUT2D eigenvalue weighted by molar-refractivity contribution is 6.23. The molecule has 0 radical (unpaired) electrons. The number of esters is 1. The molecule has 1 heterocycles. The molecule has 40 heavy (non-hydrogen) atoms. The van der Waals surface area contributed by atoms with Gasteiger partial charge in [0.1, 0.15) is 17.7 Å². The van der Waals surface area contributed by atoms with Gasteiger partial charge >= 0.3 is 12.1 Å². The number of hydrogen-bond acceptors (Lipinski definition) is 8. The summed E-state index contributed by atoms with van der Waals surface area (Å²) in [6.07, 6.45) is -0.432. The van der Waals surface area contributed by atoms with Gasteiger partial charge in [0.05, 0.1) is 41.1 Å². The number of nitrogens with zero attached hydrogens (tertiary/aromatic N) is 1. The van der Waals surface area contributed by atoms with E-state index in [1.807, 2.05) is 0 Å². The summed E-state index contributed by atoms with van der Waals surface area (Å²) < 4.78 is 11.1. The minimum Gasteiger partial charge on any atom is -0.466 e. The van der Waals surface area contributed by atoms with Crippen molar-refractivity contribution in [2.45, 2.75) is 64.1 Å². The summed E-state index contributed by atoms with van der Waals surface area (Å²) in [6.45, 7) is 9.06. The fourth-order valence-electron chi connectivity index (χ4n) is 6.69. The first-order valence-electron chi connectivity index (χ1n) is 13.3. The highest BCUT2D eigenvalue weighted by atomic mass is 16.6.